The molecule has 2 amide bonds. The van der Waals surface area contributed by atoms with Crippen molar-refractivity contribution >= 4 is 23.3 Å². The summed E-state index contributed by atoms with van der Waals surface area (Å²) in [5.41, 5.74) is 7.70. The van der Waals surface area contributed by atoms with E-state index in [1.807, 2.05) is 27.7 Å². The molecule has 4 rings (SSSR count). The number of benzene rings is 2. The number of carbonyl (C=O) groups is 2. The number of nitrogens with two attached hydrogens (primary N) is 1. The molecule has 0 spiro atoms. The van der Waals surface area contributed by atoms with Crippen LogP contribution in [0, 0.1) is 0 Å². The minimum absolute atomic E-state index is 0.0453. The third-order valence-electron chi connectivity index (χ3n) is 6.08. The average molecular weight is 613 g/mol. The maximum absolute atomic E-state index is 13.5. The molecule has 2 heterocycles. The molecule has 0 bridgehead atoms. The van der Waals surface area contributed by atoms with Gasteiger partial charge in [0.2, 0.25) is 11.7 Å². The molecule has 0 aliphatic rings. The van der Waals surface area contributed by atoms with Crippen LogP contribution in [0.1, 0.15) is 49.5 Å². The summed E-state index contributed by atoms with van der Waals surface area (Å²) >= 11 is 0. The highest BCUT2D eigenvalue weighted by atomic mass is 19.4. The Bertz CT molecular complexity index is 1710. The van der Waals surface area contributed by atoms with Gasteiger partial charge in [0, 0.05) is 41.0 Å². The zero-order valence-electron chi connectivity index (χ0n) is 24.3. The molecule has 2 aromatic carbocycles. The van der Waals surface area contributed by atoms with E-state index in [1.54, 1.807) is 24.3 Å². The van der Waals surface area contributed by atoms with Gasteiger partial charge in [0.1, 0.15) is 6.54 Å². The molecule has 0 atom stereocenters. The largest absolute Gasteiger partial charge is 0.471 e. The van der Waals surface area contributed by atoms with Gasteiger partial charge in [-0.15, -0.1) is 0 Å². The summed E-state index contributed by atoms with van der Waals surface area (Å²) < 4.78 is 43.8. The number of alkyl halides is 3. The van der Waals surface area contributed by atoms with Crippen LogP contribution >= 0.6 is 0 Å². The lowest BCUT2D eigenvalue weighted by Gasteiger charge is -2.17. The molecule has 15 heteroatoms. The molecular weight excluding hydrogens is 581 g/mol. The first kappa shape index (κ1) is 31.7. The van der Waals surface area contributed by atoms with E-state index in [-0.39, 0.29) is 59.7 Å². The van der Waals surface area contributed by atoms with E-state index >= 15 is 0 Å². The highest BCUT2D eigenvalue weighted by molar-refractivity contribution is 5.96. The van der Waals surface area contributed by atoms with Crippen LogP contribution in [0.5, 0.6) is 0 Å². The van der Waals surface area contributed by atoms with Crippen molar-refractivity contribution < 1.29 is 27.3 Å². The van der Waals surface area contributed by atoms with E-state index in [0.29, 0.717) is 16.7 Å². The molecule has 0 radical (unpaired) electrons. The molecule has 2 aromatic heterocycles. The maximum atomic E-state index is 13.5. The number of anilines is 2. The average Bonchev–Trinajstić information content (AvgIpc) is 3.45. The molecule has 0 aliphatic heterocycles. The highest BCUT2D eigenvalue weighted by Crippen LogP contribution is 2.29. The van der Waals surface area contributed by atoms with Crippen LogP contribution in [0.15, 0.2) is 58.0 Å². The highest BCUT2D eigenvalue weighted by Gasteiger charge is 2.38. The third-order valence-corrected chi connectivity index (χ3v) is 6.08. The van der Waals surface area contributed by atoms with E-state index in [4.69, 9.17) is 5.73 Å². The fraction of sp³-hybridized carbons (Fsp3) is 0.310. The number of hydrogen-bond donors (Lipinski definition) is 4. The van der Waals surface area contributed by atoms with Gasteiger partial charge < -0.3 is 26.2 Å². The normalized spacial score (nSPS) is 11.6. The second kappa shape index (κ2) is 13.0. The van der Waals surface area contributed by atoms with Gasteiger partial charge in [-0.3, -0.25) is 19.0 Å². The lowest BCUT2D eigenvalue weighted by atomic mass is 10.1. The second-order valence-corrected chi connectivity index (χ2v) is 10.5. The van der Waals surface area contributed by atoms with Crippen LogP contribution < -0.4 is 27.2 Å². The second-order valence-electron chi connectivity index (χ2n) is 10.5. The Hall–Kier alpha value is -5.21. The number of nitrogens with zero attached hydrogens (tertiary/aromatic N) is 4. The maximum Gasteiger partial charge on any atom is 0.471 e. The van der Waals surface area contributed by atoms with Crippen LogP contribution in [0.4, 0.5) is 24.7 Å². The summed E-state index contributed by atoms with van der Waals surface area (Å²) in [6, 6.07) is 10.6. The predicted molar refractivity (Wildman–Crippen MR) is 156 cm³/mol. The van der Waals surface area contributed by atoms with Gasteiger partial charge in [0.05, 0.1) is 11.9 Å². The molecule has 0 saturated carbocycles. The SMILES string of the molecule is CC(C)NC(=O)c1cc(N)cc(-c2cnc(NC(C)C)c(=O)n2CC(=O)NCc2ccc(-c3noc(C(F)(F)F)n3)cc2)c1. The molecule has 0 fully saturated rings. The van der Waals surface area contributed by atoms with E-state index in [0.717, 1.165) is 0 Å². The predicted octanol–water partition coefficient (Wildman–Crippen LogP) is 3.84. The monoisotopic (exact) mass is 612 g/mol. The number of carbonyl (C=O) groups excluding carboxylic acids is 2. The van der Waals surface area contributed by atoms with Gasteiger partial charge in [-0.1, -0.05) is 29.4 Å². The molecule has 0 aliphatic carbocycles. The molecule has 232 valence electrons. The number of hydrogen-bond acceptors (Lipinski definition) is 9. The zero-order chi connectivity index (χ0) is 32.2. The van der Waals surface area contributed by atoms with Crippen LogP contribution in [0.25, 0.3) is 22.6 Å². The number of halogens is 3. The summed E-state index contributed by atoms with van der Waals surface area (Å²) in [6.45, 7) is 6.99. The Morgan fingerprint density at radius 1 is 1.02 bits per heavy atom. The fourth-order valence-corrected chi connectivity index (χ4v) is 4.15. The van der Waals surface area contributed by atoms with Gasteiger partial charge in [-0.25, -0.2) is 4.98 Å². The summed E-state index contributed by atoms with van der Waals surface area (Å²) in [5, 5.41) is 11.9. The fourth-order valence-electron chi connectivity index (χ4n) is 4.15. The first-order valence-electron chi connectivity index (χ1n) is 13.6. The third kappa shape index (κ3) is 7.79. The number of aromatic nitrogens is 4. The molecular formula is C29H31F3N8O4. The Morgan fingerprint density at radius 3 is 2.34 bits per heavy atom. The number of nitrogen functional groups attached to an aromatic ring is 1. The van der Waals surface area contributed by atoms with Crippen molar-refractivity contribution in [2.45, 2.75) is 59.0 Å². The van der Waals surface area contributed by atoms with E-state index in [1.165, 1.54) is 29.0 Å². The van der Waals surface area contributed by atoms with E-state index in [9.17, 15) is 27.6 Å². The number of rotatable bonds is 10. The zero-order valence-corrected chi connectivity index (χ0v) is 24.3. The standard InChI is InChI=1S/C29H31F3N8O4/c1-15(2)36-25-27(43)40(22(13-35-25)19-9-20(11-21(33)10-19)26(42)37-16(3)4)14-23(41)34-12-17-5-7-18(8-6-17)24-38-28(44-39-24)29(30,31)32/h5-11,13,15-16H,12,14,33H2,1-4H3,(H,34,41)(H,35,36)(H,37,42). The van der Waals surface area contributed by atoms with Crippen molar-refractivity contribution in [1.82, 2.24) is 30.3 Å². The molecule has 44 heavy (non-hydrogen) atoms. The quantitative estimate of drug-likeness (QED) is 0.194. The Morgan fingerprint density at radius 2 is 1.73 bits per heavy atom. The smallest absolute Gasteiger partial charge is 0.399 e. The van der Waals surface area contributed by atoms with Crippen molar-refractivity contribution in [2.24, 2.45) is 0 Å². The molecule has 4 aromatic rings. The number of amides is 2. The van der Waals surface area contributed by atoms with Gasteiger partial charge in [0.15, 0.2) is 5.82 Å². The Labute approximate surface area is 249 Å². The summed E-state index contributed by atoms with van der Waals surface area (Å²) in [7, 11) is 0. The van der Waals surface area contributed by atoms with Gasteiger partial charge >= 0.3 is 12.1 Å². The number of nitrogens with one attached hydrogen (secondary N) is 3. The Balaban J connectivity index is 1.56. The van der Waals surface area contributed by atoms with Crippen molar-refractivity contribution in [2.75, 3.05) is 11.1 Å². The van der Waals surface area contributed by atoms with Crippen molar-refractivity contribution in [1.29, 1.82) is 0 Å². The minimum atomic E-state index is -4.75. The van der Waals surface area contributed by atoms with Crippen LogP contribution in [-0.2, 0) is 24.1 Å². The van der Waals surface area contributed by atoms with Crippen molar-refractivity contribution in [3.63, 3.8) is 0 Å². The Kier molecular flexibility index (Phi) is 9.35. The molecule has 0 unspecified atom stereocenters. The van der Waals surface area contributed by atoms with Crippen LogP contribution in [0.2, 0.25) is 0 Å². The summed E-state index contributed by atoms with van der Waals surface area (Å²) in [6.07, 6.45) is -3.32. The lowest BCUT2D eigenvalue weighted by Crippen LogP contribution is -2.35. The van der Waals surface area contributed by atoms with Gasteiger partial charge in [-0.05, 0) is 51.5 Å². The molecule has 5 N–H and O–H groups in total. The van der Waals surface area contributed by atoms with E-state index < -0.39 is 23.5 Å². The lowest BCUT2D eigenvalue weighted by molar-refractivity contribution is -0.159. The van der Waals surface area contributed by atoms with Crippen molar-refractivity contribution in [3.05, 3.63) is 76.0 Å². The molecule has 0 saturated heterocycles. The summed E-state index contributed by atoms with van der Waals surface area (Å²) in [5.74, 6) is -2.49. The molecule has 12 nitrogen and oxygen atoms in total. The van der Waals surface area contributed by atoms with E-state index in [2.05, 4.69) is 35.6 Å². The summed E-state index contributed by atoms with van der Waals surface area (Å²) in [4.78, 5) is 46.8. The van der Waals surface area contributed by atoms with Crippen molar-refractivity contribution in [3.8, 4) is 22.6 Å². The van der Waals surface area contributed by atoms with Crippen LogP contribution in [-0.4, -0.2) is 43.6 Å². The topological polar surface area (TPSA) is 170 Å². The van der Waals surface area contributed by atoms with Crippen LogP contribution in [0.3, 0.4) is 0 Å². The van der Waals surface area contributed by atoms with Gasteiger partial charge in [-0.2, -0.15) is 18.2 Å². The first-order valence-corrected chi connectivity index (χ1v) is 13.6. The first-order chi connectivity index (χ1) is 20.7. The van der Waals surface area contributed by atoms with Gasteiger partial charge in [0.25, 0.3) is 11.5 Å². The minimum Gasteiger partial charge on any atom is -0.399 e.